The third-order valence-electron chi connectivity index (χ3n) is 3.24. The molecule has 0 aromatic carbocycles. The number of carbonyl (C=O) groups is 2. The molecule has 1 aliphatic rings. The molecule has 116 valence electrons. The first-order chi connectivity index (χ1) is 9.50. The molecule has 1 unspecified atom stereocenters. The number of likely N-dealkylation sites (N-methyl/N-ethyl adjacent to an activating group) is 1. The number of methoxy groups -OCH3 is 1. The zero-order chi connectivity index (χ0) is 15.0. The van der Waals surface area contributed by atoms with Crippen molar-refractivity contribution in [3.8, 4) is 0 Å². The first-order valence-electron chi connectivity index (χ1n) is 6.55. The van der Waals surface area contributed by atoms with Gasteiger partial charge in [-0.2, -0.15) is 0 Å². The molecule has 1 fully saturated rings. The number of urea groups is 1. The number of hydrogen-bond acceptors (Lipinski definition) is 5. The van der Waals surface area contributed by atoms with Gasteiger partial charge in [-0.05, 0) is 7.05 Å². The molecule has 2 amide bonds. The quantitative estimate of drug-likeness (QED) is 0.536. The van der Waals surface area contributed by atoms with Crippen molar-refractivity contribution >= 4 is 12.0 Å². The average molecular weight is 289 g/mol. The lowest BCUT2D eigenvalue weighted by Gasteiger charge is -2.24. The van der Waals surface area contributed by atoms with Gasteiger partial charge in [-0.1, -0.05) is 0 Å². The van der Waals surface area contributed by atoms with E-state index in [4.69, 9.17) is 9.47 Å². The Labute approximate surface area is 118 Å². The monoisotopic (exact) mass is 289 g/mol. The minimum Gasteiger partial charge on any atom is -0.479 e. The zero-order valence-corrected chi connectivity index (χ0v) is 12.0. The maximum absolute atomic E-state index is 11.7. The molecule has 0 aromatic rings. The number of aliphatic carboxylic acids is 1. The molecule has 1 aliphatic heterocycles. The Morgan fingerprint density at radius 1 is 1.45 bits per heavy atom. The highest BCUT2D eigenvalue weighted by Crippen LogP contribution is 2.18. The van der Waals surface area contributed by atoms with Gasteiger partial charge in [-0.15, -0.1) is 0 Å². The van der Waals surface area contributed by atoms with Gasteiger partial charge in [0.2, 0.25) is 0 Å². The van der Waals surface area contributed by atoms with E-state index in [0.29, 0.717) is 26.3 Å². The molecule has 0 aromatic heterocycles. The number of ether oxygens (including phenoxy) is 2. The SMILES string of the molecule is COCCN(C)CCNC(=O)NC1(C(=O)O)CCOC1. The van der Waals surface area contributed by atoms with Crippen molar-refractivity contribution in [1.29, 1.82) is 0 Å². The fourth-order valence-electron chi connectivity index (χ4n) is 1.87. The van der Waals surface area contributed by atoms with Crippen LogP contribution in [0.1, 0.15) is 6.42 Å². The molecule has 0 radical (unpaired) electrons. The largest absolute Gasteiger partial charge is 0.479 e. The Bertz CT molecular complexity index is 331. The van der Waals surface area contributed by atoms with Gasteiger partial charge in [0.05, 0.1) is 13.2 Å². The van der Waals surface area contributed by atoms with Gasteiger partial charge < -0.3 is 30.1 Å². The topological polar surface area (TPSA) is 100 Å². The highest BCUT2D eigenvalue weighted by molar-refractivity contribution is 5.86. The van der Waals surface area contributed by atoms with Crippen LogP contribution in [0.25, 0.3) is 0 Å². The second kappa shape index (κ2) is 8.03. The highest BCUT2D eigenvalue weighted by Gasteiger charge is 2.43. The standard InChI is InChI=1S/C12H23N3O5/c1-15(6-8-19-2)5-4-13-11(18)14-12(10(16)17)3-7-20-9-12/h3-9H2,1-2H3,(H,16,17)(H2,13,14,18). The maximum Gasteiger partial charge on any atom is 0.332 e. The van der Waals surface area contributed by atoms with Crippen molar-refractivity contribution in [1.82, 2.24) is 15.5 Å². The molecule has 3 N–H and O–H groups in total. The van der Waals surface area contributed by atoms with Crippen LogP contribution in [-0.2, 0) is 14.3 Å². The van der Waals surface area contributed by atoms with Crippen LogP contribution in [0.3, 0.4) is 0 Å². The van der Waals surface area contributed by atoms with Crippen molar-refractivity contribution in [2.75, 3.05) is 53.6 Å². The molecule has 8 nitrogen and oxygen atoms in total. The first kappa shape index (κ1) is 16.7. The van der Waals surface area contributed by atoms with Gasteiger partial charge in [-0.25, -0.2) is 9.59 Å². The molecule has 1 rings (SSSR count). The van der Waals surface area contributed by atoms with Gasteiger partial charge in [0.15, 0.2) is 5.54 Å². The van der Waals surface area contributed by atoms with Crippen LogP contribution in [0.4, 0.5) is 4.79 Å². The summed E-state index contributed by atoms with van der Waals surface area (Å²) in [7, 11) is 3.55. The molecular formula is C12H23N3O5. The highest BCUT2D eigenvalue weighted by atomic mass is 16.5. The fourth-order valence-corrected chi connectivity index (χ4v) is 1.87. The van der Waals surface area contributed by atoms with Crippen molar-refractivity contribution in [3.05, 3.63) is 0 Å². The van der Waals surface area contributed by atoms with E-state index in [2.05, 4.69) is 10.6 Å². The van der Waals surface area contributed by atoms with Crippen LogP contribution >= 0.6 is 0 Å². The van der Waals surface area contributed by atoms with Gasteiger partial charge >= 0.3 is 12.0 Å². The summed E-state index contributed by atoms with van der Waals surface area (Å²) < 4.78 is 10.0. The van der Waals surface area contributed by atoms with Gasteiger partial charge in [0.25, 0.3) is 0 Å². The number of carboxylic acid groups (broad SMARTS) is 1. The average Bonchev–Trinajstić information content (AvgIpc) is 2.86. The maximum atomic E-state index is 11.7. The number of carboxylic acids is 1. The molecular weight excluding hydrogens is 266 g/mol. The summed E-state index contributed by atoms with van der Waals surface area (Å²) in [6.45, 7) is 2.83. The lowest BCUT2D eigenvalue weighted by atomic mass is 9.99. The molecule has 0 saturated carbocycles. The Kier molecular flexibility index (Phi) is 6.69. The van der Waals surface area contributed by atoms with E-state index in [1.165, 1.54) is 0 Å². The molecule has 1 heterocycles. The Balaban J connectivity index is 2.27. The second-order valence-corrected chi connectivity index (χ2v) is 4.87. The summed E-state index contributed by atoms with van der Waals surface area (Å²) in [6, 6.07) is -0.488. The van der Waals surface area contributed by atoms with Crippen LogP contribution < -0.4 is 10.6 Å². The van der Waals surface area contributed by atoms with E-state index in [1.54, 1.807) is 7.11 Å². The predicted octanol–water partition coefficient (Wildman–Crippen LogP) is -0.892. The van der Waals surface area contributed by atoms with Crippen molar-refractivity contribution in [2.45, 2.75) is 12.0 Å². The van der Waals surface area contributed by atoms with E-state index in [0.717, 1.165) is 6.54 Å². The summed E-state index contributed by atoms with van der Waals surface area (Å²) >= 11 is 0. The number of amides is 2. The van der Waals surface area contributed by atoms with Crippen LogP contribution in [0, 0.1) is 0 Å². The summed E-state index contributed by atoms with van der Waals surface area (Å²) in [5, 5.41) is 14.3. The fraction of sp³-hybridized carbons (Fsp3) is 0.833. The van der Waals surface area contributed by atoms with E-state index >= 15 is 0 Å². The molecule has 0 bridgehead atoms. The smallest absolute Gasteiger partial charge is 0.332 e. The minimum absolute atomic E-state index is 0.00347. The second-order valence-electron chi connectivity index (χ2n) is 4.87. The van der Waals surface area contributed by atoms with E-state index in [1.807, 2.05) is 11.9 Å². The predicted molar refractivity (Wildman–Crippen MR) is 71.7 cm³/mol. The Hall–Kier alpha value is -1.38. The van der Waals surface area contributed by atoms with Crippen molar-refractivity contribution < 1.29 is 24.2 Å². The molecule has 1 atom stereocenters. The van der Waals surface area contributed by atoms with Gasteiger partial charge in [0, 0.05) is 39.8 Å². The molecule has 0 spiro atoms. The third-order valence-corrected chi connectivity index (χ3v) is 3.24. The summed E-state index contributed by atoms with van der Waals surface area (Å²) in [5.74, 6) is -1.07. The van der Waals surface area contributed by atoms with Crippen LogP contribution in [0.2, 0.25) is 0 Å². The van der Waals surface area contributed by atoms with Crippen LogP contribution in [0.5, 0.6) is 0 Å². The number of rotatable bonds is 8. The number of nitrogens with one attached hydrogen (secondary N) is 2. The van der Waals surface area contributed by atoms with E-state index in [9.17, 15) is 14.7 Å². The first-order valence-corrected chi connectivity index (χ1v) is 6.55. The van der Waals surface area contributed by atoms with Crippen LogP contribution in [0.15, 0.2) is 0 Å². The van der Waals surface area contributed by atoms with E-state index < -0.39 is 17.5 Å². The number of hydrogen-bond donors (Lipinski definition) is 3. The normalized spacial score (nSPS) is 21.9. The molecule has 8 heteroatoms. The summed E-state index contributed by atoms with van der Waals surface area (Å²) in [6.07, 6.45) is 0.281. The van der Waals surface area contributed by atoms with E-state index in [-0.39, 0.29) is 13.0 Å². The van der Waals surface area contributed by atoms with Crippen molar-refractivity contribution in [2.24, 2.45) is 0 Å². The van der Waals surface area contributed by atoms with Crippen LogP contribution in [-0.4, -0.2) is 81.2 Å². The lowest BCUT2D eigenvalue weighted by Crippen LogP contribution is -2.58. The van der Waals surface area contributed by atoms with Gasteiger partial charge in [-0.3, -0.25) is 0 Å². The minimum atomic E-state index is -1.30. The number of carbonyl (C=O) groups excluding carboxylic acids is 1. The summed E-state index contributed by atoms with van der Waals surface area (Å²) in [4.78, 5) is 24.9. The molecule has 20 heavy (non-hydrogen) atoms. The lowest BCUT2D eigenvalue weighted by molar-refractivity contribution is -0.144. The molecule has 0 aliphatic carbocycles. The Morgan fingerprint density at radius 2 is 2.20 bits per heavy atom. The third kappa shape index (κ3) is 4.95. The van der Waals surface area contributed by atoms with Gasteiger partial charge in [0.1, 0.15) is 0 Å². The molecule has 1 saturated heterocycles. The number of nitrogens with zero attached hydrogens (tertiary/aromatic N) is 1. The Morgan fingerprint density at radius 3 is 2.75 bits per heavy atom. The zero-order valence-electron chi connectivity index (χ0n) is 12.0. The summed E-state index contributed by atoms with van der Waals surface area (Å²) in [5.41, 5.74) is -1.30. The van der Waals surface area contributed by atoms with Crippen molar-refractivity contribution in [3.63, 3.8) is 0 Å².